The Kier molecular flexibility index (Phi) is 3.88. The second-order valence-corrected chi connectivity index (χ2v) is 6.15. The van der Waals surface area contributed by atoms with Gasteiger partial charge in [0.05, 0.1) is 29.5 Å². The van der Waals surface area contributed by atoms with E-state index in [0.29, 0.717) is 17.0 Å². The van der Waals surface area contributed by atoms with Gasteiger partial charge in [0.2, 0.25) is 0 Å². The zero-order valence-corrected chi connectivity index (χ0v) is 14.1. The minimum absolute atomic E-state index is 0.0293. The van der Waals surface area contributed by atoms with Crippen molar-refractivity contribution in [2.45, 2.75) is 26.4 Å². The third-order valence-corrected chi connectivity index (χ3v) is 3.99. The molecule has 0 aliphatic carbocycles. The third kappa shape index (κ3) is 2.78. The zero-order valence-electron chi connectivity index (χ0n) is 14.1. The number of hydrogen-bond donors (Lipinski definition) is 2. The molecule has 126 valence electrons. The lowest BCUT2D eigenvalue weighted by molar-refractivity contribution is 0.0330. The van der Waals surface area contributed by atoms with Gasteiger partial charge in [-0.3, -0.25) is 9.48 Å². The van der Waals surface area contributed by atoms with Gasteiger partial charge in [-0.2, -0.15) is 5.10 Å². The first kappa shape index (κ1) is 16.2. The fourth-order valence-electron chi connectivity index (χ4n) is 2.77. The molecular formula is C17H20N4O3. The van der Waals surface area contributed by atoms with Crippen molar-refractivity contribution in [3.8, 4) is 0 Å². The van der Waals surface area contributed by atoms with E-state index in [2.05, 4.69) is 15.4 Å². The van der Waals surface area contributed by atoms with E-state index in [4.69, 9.17) is 4.42 Å². The van der Waals surface area contributed by atoms with Gasteiger partial charge in [-0.1, -0.05) is 0 Å². The van der Waals surface area contributed by atoms with Crippen LogP contribution in [0.15, 0.2) is 28.9 Å². The Labute approximate surface area is 139 Å². The quantitative estimate of drug-likeness (QED) is 0.762. The number of fused-ring (bicyclic) bond motifs is 1. The van der Waals surface area contributed by atoms with Gasteiger partial charge in [-0.15, -0.1) is 0 Å². The molecule has 24 heavy (non-hydrogen) atoms. The summed E-state index contributed by atoms with van der Waals surface area (Å²) >= 11 is 0. The summed E-state index contributed by atoms with van der Waals surface area (Å²) in [5.74, 6) is 0.116. The Morgan fingerprint density at radius 1 is 1.46 bits per heavy atom. The van der Waals surface area contributed by atoms with Gasteiger partial charge in [-0.05, 0) is 39.0 Å². The maximum absolute atomic E-state index is 12.7. The highest BCUT2D eigenvalue weighted by atomic mass is 16.4. The summed E-state index contributed by atoms with van der Waals surface area (Å²) in [5, 5.41) is 18.3. The molecule has 3 aromatic heterocycles. The van der Waals surface area contributed by atoms with Crippen molar-refractivity contribution < 1.29 is 14.3 Å². The number of rotatable bonds is 4. The molecule has 7 nitrogen and oxygen atoms in total. The highest BCUT2D eigenvalue weighted by Crippen LogP contribution is 2.23. The number of carbonyl (C=O) groups is 1. The fourth-order valence-corrected chi connectivity index (χ4v) is 2.77. The van der Waals surface area contributed by atoms with Crippen molar-refractivity contribution in [3.05, 3.63) is 47.2 Å². The largest absolute Gasteiger partial charge is 0.466 e. The lowest BCUT2D eigenvalue weighted by Gasteiger charge is -2.21. The molecule has 1 unspecified atom stereocenters. The van der Waals surface area contributed by atoms with Crippen molar-refractivity contribution in [3.63, 3.8) is 0 Å². The number of nitrogens with one attached hydrogen (secondary N) is 1. The Bertz CT molecular complexity index is 894. The van der Waals surface area contributed by atoms with Crippen LogP contribution in [0, 0.1) is 13.8 Å². The smallest absolute Gasteiger partial charge is 0.252 e. The molecule has 0 bridgehead atoms. The van der Waals surface area contributed by atoms with E-state index < -0.39 is 5.60 Å². The van der Waals surface area contributed by atoms with Gasteiger partial charge in [0.15, 0.2) is 5.65 Å². The van der Waals surface area contributed by atoms with Crippen molar-refractivity contribution in [1.82, 2.24) is 20.1 Å². The van der Waals surface area contributed by atoms with Crippen LogP contribution in [0.25, 0.3) is 11.0 Å². The van der Waals surface area contributed by atoms with E-state index in [0.717, 1.165) is 16.8 Å². The Morgan fingerprint density at radius 2 is 2.21 bits per heavy atom. The molecule has 0 fully saturated rings. The topological polar surface area (TPSA) is 93.2 Å². The maximum Gasteiger partial charge on any atom is 0.252 e. The molecule has 0 radical (unpaired) electrons. The standard InChI is InChI=1S/C17H20N4O3/c1-10-8-12(14-11(2)20-21(4)15(14)19-10)16(22)18-9-17(3,23)13-6-5-7-24-13/h5-8,23H,9H2,1-4H3,(H,18,22). The number of carbonyl (C=O) groups excluding carboxylic acids is 1. The first-order valence-electron chi connectivity index (χ1n) is 7.65. The second kappa shape index (κ2) is 5.76. The monoisotopic (exact) mass is 328 g/mol. The molecule has 7 heteroatoms. The van der Waals surface area contributed by atoms with Gasteiger partial charge < -0.3 is 14.8 Å². The molecular weight excluding hydrogens is 308 g/mol. The summed E-state index contributed by atoms with van der Waals surface area (Å²) in [7, 11) is 1.80. The second-order valence-electron chi connectivity index (χ2n) is 6.15. The van der Waals surface area contributed by atoms with E-state index >= 15 is 0 Å². The number of pyridine rings is 1. The summed E-state index contributed by atoms with van der Waals surface area (Å²) in [6.45, 7) is 5.29. The van der Waals surface area contributed by atoms with Gasteiger partial charge in [0.25, 0.3) is 5.91 Å². The van der Waals surface area contributed by atoms with Gasteiger partial charge in [0, 0.05) is 12.7 Å². The fraction of sp³-hybridized carbons (Fsp3) is 0.353. The molecule has 3 heterocycles. The van der Waals surface area contributed by atoms with E-state index in [-0.39, 0.29) is 12.5 Å². The van der Waals surface area contributed by atoms with Crippen LogP contribution in [0.3, 0.4) is 0 Å². The van der Waals surface area contributed by atoms with Gasteiger partial charge >= 0.3 is 0 Å². The summed E-state index contributed by atoms with van der Waals surface area (Å²) < 4.78 is 6.88. The first-order valence-corrected chi connectivity index (χ1v) is 7.65. The molecule has 3 rings (SSSR count). The average Bonchev–Trinajstić information content (AvgIpc) is 3.14. The highest BCUT2D eigenvalue weighted by molar-refractivity contribution is 6.06. The molecule has 1 atom stereocenters. The van der Waals surface area contributed by atoms with Crippen molar-refractivity contribution in [1.29, 1.82) is 0 Å². The van der Waals surface area contributed by atoms with E-state index in [1.54, 1.807) is 36.9 Å². The number of aliphatic hydroxyl groups is 1. The third-order valence-electron chi connectivity index (χ3n) is 3.99. The average molecular weight is 328 g/mol. The molecule has 3 aromatic rings. The number of aromatic nitrogens is 3. The molecule has 1 amide bonds. The number of furan rings is 1. The number of amides is 1. The van der Waals surface area contributed by atoms with Crippen LogP contribution in [-0.2, 0) is 12.6 Å². The number of aryl methyl sites for hydroxylation is 3. The van der Waals surface area contributed by atoms with Crippen LogP contribution in [-0.4, -0.2) is 32.3 Å². The molecule has 0 aliphatic rings. The predicted octanol–water partition coefficient (Wildman–Crippen LogP) is 1.82. The zero-order chi connectivity index (χ0) is 17.5. The van der Waals surface area contributed by atoms with Crippen LogP contribution < -0.4 is 5.32 Å². The van der Waals surface area contributed by atoms with Crippen LogP contribution in [0.2, 0.25) is 0 Å². The van der Waals surface area contributed by atoms with Crippen LogP contribution in [0.4, 0.5) is 0 Å². The minimum atomic E-state index is -1.29. The Morgan fingerprint density at radius 3 is 2.88 bits per heavy atom. The lowest BCUT2D eigenvalue weighted by atomic mass is 10.0. The summed E-state index contributed by atoms with van der Waals surface area (Å²) in [6.07, 6.45) is 1.49. The summed E-state index contributed by atoms with van der Waals surface area (Å²) in [4.78, 5) is 17.1. The van der Waals surface area contributed by atoms with Gasteiger partial charge in [-0.25, -0.2) is 4.98 Å². The lowest BCUT2D eigenvalue weighted by Crippen LogP contribution is -2.38. The normalized spacial score (nSPS) is 13.9. The summed E-state index contributed by atoms with van der Waals surface area (Å²) in [6, 6.07) is 5.10. The molecule has 0 aliphatic heterocycles. The molecule has 0 aromatic carbocycles. The van der Waals surface area contributed by atoms with E-state index in [1.807, 2.05) is 13.8 Å². The van der Waals surface area contributed by atoms with E-state index in [9.17, 15) is 9.90 Å². The SMILES string of the molecule is Cc1cc(C(=O)NCC(C)(O)c2ccco2)c2c(C)nn(C)c2n1. The molecule has 0 spiro atoms. The molecule has 0 saturated heterocycles. The van der Waals surface area contributed by atoms with Crippen LogP contribution in [0.5, 0.6) is 0 Å². The van der Waals surface area contributed by atoms with E-state index in [1.165, 1.54) is 6.26 Å². The van der Waals surface area contributed by atoms with Crippen molar-refractivity contribution >= 4 is 16.9 Å². The van der Waals surface area contributed by atoms with Crippen LogP contribution >= 0.6 is 0 Å². The minimum Gasteiger partial charge on any atom is -0.466 e. The van der Waals surface area contributed by atoms with Gasteiger partial charge in [0.1, 0.15) is 11.4 Å². The van der Waals surface area contributed by atoms with Crippen molar-refractivity contribution in [2.24, 2.45) is 7.05 Å². The Balaban J connectivity index is 1.89. The highest BCUT2D eigenvalue weighted by Gasteiger charge is 2.27. The molecule has 2 N–H and O–H groups in total. The summed E-state index contributed by atoms with van der Waals surface area (Å²) in [5.41, 5.74) is 1.34. The van der Waals surface area contributed by atoms with Crippen molar-refractivity contribution in [2.75, 3.05) is 6.54 Å². The number of hydrogen-bond acceptors (Lipinski definition) is 5. The Hall–Kier alpha value is -2.67. The predicted molar refractivity (Wildman–Crippen MR) is 88.6 cm³/mol. The molecule has 0 saturated carbocycles. The number of nitrogens with zero attached hydrogens (tertiary/aromatic N) is 3. The maximum atomic E-state index is 12.7. The van der Waals surface area contributed by atoms with Crippen LogP contribution in [0.1, 0.15) is 34.4 Å². The first-order chi connectivity index (χ1) is 11.3.